The van der Waals surface area contributed by atoms with E-state index in [9.17, 15) is 0 Å². The lowest BCUT2D eigenvalue weighted by atomic mass is 10.0. The van der Waals surface area contributed by atoms with Crippen molar-refractivity contribution in [3.05, 3.63) is 11.8 Å². The van der Waals surface area contributed by atoms with Crippen molar-refractivity contribution < 1.29 is 4.74 Å². The van der Waals surface area contributed by atoms with Gasteiger partial charge in [-0.15, -0.1) is 0 Å². The van der Waals surface area contributed by atoms with E-state index in [4.69, 9.17) is 10.5 Å². The van der Waals surface area contributed by atoms with E-state index >= 15 is 0 Å². The molecule has 88 valence electrons. The molecule has 1 aliphatic rings. The summed E-state index contributed by atoms with van der Waals surface area (Å²) in [6.07, 6.45) is 5.73. The summed E-state index contributed by atoms with van der Waals surface area (Å²) < 4.78 is 7.41. The molecule has 0 aliphatic carbocycles. The van der Waals surface area contributed by atoms with Crippen molar-refractivity contribution >= 4 is 12.0 Å². The Kier molecular flexibility index (Phi) is 3.24. The molecule has 0 radical (unpaired) electrons. The van der Waals surface area contributed by atoms with Crippen molar-refractivity contribution in [3.8, 4) is 0 Å². The van der Waals surface area contributed by atoms with Crippen LogP contribution in [-0.4, -0.2) is 35.8 Å². The maximum absolute atomic E-state index is 6.03. The Hall–Kier alpha value is -1.36. The van der Waals surface area contributed by atoms with Gasteiger partial charge in [0.2, 0.25) is 0 Å². The number of anilines is 1. The van der Waals surface area contributed by atoms with Crippen molar-refractivity contribution in [2.75, 3.05) is 19.4 Å². The Labute approximate surface area is 95.3 Å². The molecule has 2 unspecified atom stereocenters. The number of hydrogen-bond acceptors (Lipinski definition) is 4. The summed E-state index contributed by atoms with van der Waals surface area (Å²) in [7, 11) is 1.73. The molecule has 16 heavy (non-hydrogen) atoms. The predicted octanol–water partition coefficient (Wildman–Crippen LogP) is 1.25. The van der Waals surface area contributed by atoms with Gasteiger partial charge in [0.25, 0.3) is 0 Å². The maximum atomic E-state index is 6.03. The standard InChI is InChI=1S/C11H18N4O/c1-8-5-10(3-4-16-8)15-11(12)9(6-13-2)7-14-15/h6-8,10H,3-5,12H2,1-2H3. The van der Waals surface area contributed by atoms with Crippen LogP contribution in [0.25, 0.3) is 0 Å². The number of nitrogens with two attached hydrogens (primary N) is 1. The van der Waals surface area contributed by atoms with Crippen LogP contribution in [-0.2, 0) is 4.74 Å². The SMILES string of the molecule is CN=Cc1cnn(C2CCOC(C)C2)c1N. The molecule has 0 amide bonds. The first kappa shape index (κ1) is 11.1. The second-order valence-electron chi connectivity index (χ2n) is 4.18. The summed E-state index contributed by atoms with van der Waals surface area (Å²) in [5, 5.41) is 4.34. The fraction of sp³-hybridized carbons (Fsp3) is 0.636. The van der Waals surface area contributed by atoms with Gasteiger partial charge in [0.15, 0.2) is 0 Å². The minimum Gasteiger partial charge on any atom is -0.383 e. The van der Waals surface area contributed by atoms with Crippen LogP contribution in [0.5, 0.6) is 0 Å². The summed E-state index contributed by atoms with van der Waals surface area (Å²) in [6.45, 7) is 2.86. The van der Waals surface area contributed by atoms with E-state index in [1.165, 1.54) is 0 Å². The summed E-state index contributed by atoms with van der Waals surface area (Å²) >= 11 is 0. The van der Waals surface area contributed by atoms with Gasteiger partial charge in [-0.25, -0.2) is 4.68 Å². The molecular weight excluding hydrogens is 204 g/mol. The topological polar surface area (TPSA) is 65.4 Å². The Morgan fingerprint density at radius 2 is 2.50 bits per heavy atom. The van der Waals surface area contributed by atoms with Crippen molar-refractivity contribution in [3.63, 3.8) is 0 Å². The number of aliphatic imine (C=N–C) groups is 1. The second kappa shape index (κ2) is 4.65. The van der Waals surface area contributed by atoms with Crippen molar-refractivity contribution in [1.82, 2.24) is 9.78 Å². The van der Waals surface area contributed by atoms with Gasteiger partial charge in [0.1, 0.15) is 5.82 Å². The third-order valence-electron chi connectivity index (χ3n) is 2.94. The van der Waals surface area contributed by atoms with Gasteiger partial charge < -0.3 is 10.5 Å². The van der Waals surface area contributed by atoms with Gasteiger partial charge in [-0.3, -0.25) is 4.99 Å². The third-order valence-corrected chi connectivity index (χ3v) is 2.94. The Morgan fingerprint density at radius 3 is 3.19 bits per heavy atom. The summed E-state index contributed by atoms with van der Waals surface area (Å²) in [4.78, 5) is 3.96. The third kappa shape index (κ3) is 2.09. The largest absolute Gasteiger partial charge is 0.383 e. The fourth-order valence-electron chi connectivity index (χ4n) is 2.11. The highest BCUT2D eigenvalue weighted by atomic mass is 16.5. The predicted molar refractivity (Wildman–Crippen MR) is 63.8 cm³/mol. The molecule has 2 rings (SSSR count). The highest BCUT2D eigenvalue weighted by Crippen LogP contribution is 2.27. The summed E-state index contributed by atoms with van der Waals surface area (Å²) in [6, 6.07) is 0.350. The van der Waals surface area contributed by atoms with E-state index < -0.39 is 0 Å². The van der Waals surface area contributed by atoms with Gasteiger partial charge in [-0.05, 0) is 19.8 Å². The first-order valence-corrected chi connectivity index (χ1v) is 5.59. The van der Waals surface area contributed by atoms with Crippen LogP contribution >= 0.6 is 0 Å². The molecule has 2 atom stereocenters. The molecule has 1 aromatic rings. The first-order valence-electron chi connectivity index (χ1n) is 5.59. The monoisotopic (exact) mass is 222 g/mol. The van der Waals surface area contributed by atoms with Crippen LogP contribution in [0.2, 0.25) is 0 Å². The number of nitrogen functional groups attached to an aromatic ring is 1. The van der Waals surface area contributed by atoms with Crippen molar-refractivity contribution in [2.24, 2.45) is 4.99 Å². The van der Waals surface area contributed by atoms with Crippen LogP contribution < -0.4 is 5.73 Å². The number of rotatable bonds is 2. The van der Waals surface area contributed by atoms with Gasteiger partial charge in [-0.1, -0.05) is 0 Å². The fourth-order valence-corrected chi connectivity index (χ4v) is 2.11. The van der Waals surface area contributed by atoms with E-state index in [0.29, 0.717) is 11.9 Å². The molecule has 1 fully saturated rings. The molecule has 0 bridgehead atoms. The van der Waals surface area contributed by atoms with Crippen LogP contribution in [0.1, 0.15) is 31.4 Å². The van der Waals surface area contributed by atoms with Crippen LogP contribution in [0.4, 0.5) is 5.82 Å². The van der Waals surface area contributed by atoms with Crippen LogP contribution in [0, 0.1) is 0 Å². The van der Waals surface area contributed by atoms with E-state index in [-0.39, 0.29) is 6.10 Å². The van der Waals surface area contributed by atoms with Gasteiger partial charge in [0.05, 0.1) is 23.9 Å². The molecule has 2 N–H and O–H groups in total. The van der Waals surface area contributed by atoms with Crippen molar-refractivity contribution in [1.29, 1.82) is 0 Å². The average Bonchev–Trinajstić information content (AvgIpc) is 2.61. The van der Waals surface area contributed by atoms with E-state index in [1.54, 1.807) is 19.5 Å². The van der Waals surface area contributed by atoms with Gasteiger partial charge >= 0.3 is 0 Å². The zero-order valence-electron chi connectivity index (χ0n) is 9.76. The second-order valence-corrected chi connectivity index (χ2v) is 4.18. The molecule has 5 heteroatoms. The zero-order chi connectivity index (χ0) is 11.5. The van der Waals surface area contributed by atoms with Crippen molar-refractivity contribution in [2.45, 2.75) is 31.9 Å². The average molecular weight is 222 g/mol. The number of ether oxygens (including phenoxy) is 1. The Bertz CT molecular complexity index is 385. The molecule has 0 spiro atoms. The Morgan fingerprint density at radius 1 is 1.69 bits per heavy atom. The molecule has 1 aliphatic heterocycles. The minimum absolute atomic E-state index is 0.283. The summed E-state index contributed by atoms with van der Waals surface area (Å²) in [5.74, 6) is 0.699. The summed E-state index contributed by atoms with van der Waals surface area (Å²) in [5.41, 5.74) is 6.92. The maximum Gasteiger partial charge on any atom is 0.130 e. The Balaban J connectivity index is 2.20. The number of nitrogens with zero attached hydrogens (tertiary/aromatic N) is 3. The lowest BCUT2D eigenvalue weighted by Gasteiger charge is -2.28. The molecule has 0 saturated carbocycles. The molecule has 0 aromatic carbocycles. The molecule has 2 heterocycles. The van der Waals surface area contributed by atoms with Crippen LogP contribution in [0.15, 0.2) is 11.2 Å². The quantitative estimate of drug-likeness (QED) is 0.766. The molecular formula is C11H18N4O. The van der Waals surface area contributed by atoms with E-state index in [0.717, 1.165) is 25.0 Å². The number of aromatic nitrogens is 2. The first-order chi connectivity index (χ1) is 7.72. The lowest BCUT2D eigenvalue weighted by Crippen LogP contribution is -2.26. The van der Waals surface area contributed by atoms with Gasteiger partial charge in [-0.2, -0.15) is 5.10 Å². The van der Waals surface area contributed by atoms with E-state index in [2.05, 4.69) is 17.0 Å². The van der Waals surface area contributed by atoms with Gasteiger partial charge in [0, 0.05) is 19.9 Å². The highest BCUT2D eigenvalue weighted by Gasteiger charge is 2.23. The zero-order valence-corrected chi connectivity index (χ0v) is 9.76. The highest BCUT2D eigenvalue weighted by molar-refractivity contribution is 5.85. The molecule has 1 saturated heterocycles. The smallest absolute Gasteiger partial charge is 0.130 e. The normalized spacial score (nSPS) is 26.4. The van der Waals surface area contributed by atoms with Crippen LogP contribution in [0.3, 0.4) is 0 Å². The van der Waals surface area contributed by atoms with E-state index in [1.807, 2.05) is 4.68 Å². The molecule has 1 aromatic heterocycles. The molecule has 5 nitrogen and oxygen atoms in total. The minimum atomic E-state index is 0.283. The lowest BCUT2D eigenvalue weighted by molar-refractivity contribution is 0.00399. The number of hydrogen-bond donors (Lipinski definition) is 1.